The Balaban J connectivity index is 2.35. The zero-order valence-corrected chi connectivity index (χ0v) is 8.52. The van der Waals surface area contributed by atoms with Crippen molar-refractivity contribution in [2.75, 3.05) is 19.0 Å². The van der Waals surface area contributed by atoms with Gasteiger partial charge >= 0.3 is 0 Å². The Kier molecular flexibility index (Phi) is 2.50. The molecule has 2 rings (SSSR count). The maximum Gasteiger partial charge on any atom is 0.265 e. The summed E-state index contributed by atoms with van der Waals surface area (Å²) < 4.78 is 31.5. The third kappa shape index (κ3) is 2.03. The summed E-state index contributed by atoms with van der Waals surface area (Å²) in [7, 11) is 1.55. The van der Waals surface area contributed by atoms with Crippen LogP contribution in [0.3, 0.4) is 0 Å². The van der Waals surface area contributed by atoms with E-state index in [4.69, 9.17) is 4.74 Å². The van der Waals surface area contributed by atoms with Crippen LogP contribution < -0.4 is 10.1 Å². The quantitative estimate of drug-likeness (QED) is 0.774. The Hall–Kier alpha value is -1.32. The highest BCUT2D eigenvalue weighted by atomic mass is 19.3. The summed E-state index contributed by atoms with van der Waals surface area (Å²) in [6.45, 7) is -0.298. The fourth-order valence-corrected chi connectivity index (χ4v) is 1.80. The van der Waals surface area contributed by atoms with Gasteiger partial charge in [0, 0.05) is 17.7 Å². The van der Waals surface area contributed by atoms with Gasteiger partial charge in [-0.05, 0) is 18.6 Å². The number of halogens is 2. The molecule has 0 saturated heterocycles. The van der Waals surface area contributed by atoms with Crippen LogP contribution in [0.2, 0.25) is 0 Å². The number of hydrogen-bond donors (Lipinski definition) is 1. The van der Waals surface area contributed by atoms with Crippen molar-refractivity contribution in [3.8, 4) is 5.75 Å². The lowest BCUT2D eigenvalue weighted by molar-refractivity contribution is 0.00835. The number of methoxy groups -OCH3 is 1. The minimum atomic E-state index is -2.63. The van der Waals surface area contributed by atoms with Crippen LogP contribution in [-0.4, -0.2) is 19.6 Å². The van der Waals surface area contributed by atoms with Crippen LogP contribution >= 0.6 is 0 Å². The van der Waals surface area contributed by atoms with Crippen molar-refractivity contribution < 1.29 is 13.5 Å². The number of hydrogen-bond acceptors (Lipinski definition) is 2. The topological polar surface area (TPSA) is 21.3 Å². The molecule has 2 nitrogen and oxygen atoms in total. The second kappa shape index (κ2) is 3.68. The summed E-state index contributed by atoms with van der Waals surface area (Å²) in [6.07, 6.45) is 0.215. The van der Waals surface area contributed by atoms with Crippen molar-refractivity contribution in [2.45, 2.75) is 18.8 Å². The zero-order valence-electron chi connectivity index (χ0n) is 8.52. The summed E-state index contributed by atoms with van der Waals surface area (Å²) in [5, 5.41) is 2.76. The normalized spacial score (nSPS) is 18.6. The highest BCUT2D eigenvalue weighted by Gasteiger charge is 2.32. The van der Waals surface area contributed by atoms with Crippen molar-refractivity contribution in [3.05, 3.63) is 23.8 Å². The molecule has 0 aliphatic carbocycles. The molecule has 1 aromatic carbocycles. The van der Waals surface area contributed by atoms with Crippen molar-refractivity contribution >= 4 is 5.69 Å². The second-order valence-electron chi connectivity index (χ2n) is 3.70. The Labute approximate surface area is 87.2 Å². The van der Waals surface area contributed by atoms with Gasteiger partial charge in [0.25, 0.3) is 5.92 Å². The van der Waals surface area contributed by atoms with Crippen molar-refractivity contribution in [1.82, 2.24) is 0 Å². The third-order valence-corrected chi connectivity index (χ3v) is 2.63. The lowest BCUT2D eigenvalue weighted by Crippen LogP contribution is -2.25. The van der Waals surface area contributed by atoms with Gasteiger partial charge in [-0.2, -0.15) is 0 Å². The summed E-state index contributed by atoms with van der Waals surface area (Å²) in [6, 6.07) is 5.40. The largest absolute Gasteiger partial charge is 0.496 e. The SMILES string of the molecule is COc1cccc2c1CCC(F)(F)CN2. The minimum Gasteiger partial charge on any atom is -0.496 e. The van der Waals surface area contributed by atoms with E-state index in [2.05, 4.69) is 5.32 Å². The van der Waals surface area contributed by atoms with E-state index in [9.17, 15) is 8.78 Å². The molecule has 0 unspecified atom stereocenters. The summed E-state index contributed by atoms with van der Waals surface area (Å²) >= 11 is 0. The van der Waals surface area contributed by atoms with E-state index in [0.717, 1.165) is 11.3 Å². The molecule has 0 saturated carbocycles. The molecule has 1 aliphatic rings. The molecule has 0 amide bonds. The Morgan fingerprint density at radius 3 is 2.93 bits per heavy atom. The van der Waals surface area contributed by atoms with E-state index in [0.29, 0.717) is 12.2 Å². The zero-order chi connectivity index (χ0) is 10.9. The van der Waals surface area contributed by atoms with E-state index < -0.39 is 5.92 Å². The molecule has 82 valence electrons. The fourth-order valence-electron chi connectivity index (χ4n) is 1.80. The number of rotatable bonds is 1. The van der Waals surface area contributed by atoms with Crippen molar-refractivity contribution in [3.63, 3.8) is 0 Å². The van der Waals surface area contributed by atoms with E-state index >= 15 is 0 Å². The van der Waals surface area contributed by atoms with Crippen LogP contribution in [0.15, 0.2) is 18.2 Å². The van der Waals surface area contributed by atoms with Crippen LogP contribution in [0.5, 0.6) is 5.75 Å². The van der Waals surface area contributed by atoms with Gasteiger partial charge in [-0.15, -0.1) is 0 Å². The van der Waals surface area contributed by atoms with Gasteiger partial charge in [-0.25, -0.2) is 8.78 Å². The number of ether oxygens (including phenoxy) is 1. The van der Waals surface area contributed by atoms with E-state index in [1.165, 1.54) is 0 Å². The number of nitrogens with one attached hydrogen (secondary N) is 1. The molecule has 0 bridgehead atoms. The maximum atomic E-state index is 13.2. The van der Waals surface area contributed by atoms with Gasteiger partial charge < -0.3 is 10.1 Å². The lowest BCUT2D eigenvalue weighted by atomic mass is 10.1. The van der Waals surface area contributed by atoms with E-state index in [-0.39, 0.29) is 13.0 Å². The standard InChI is InChI=1S/C11H13F2NO/c1-15-10-4-2-3-9-8(10)5-6-11(12,13)7-14-9/h2-4,14H,5-7H2,1H3. The summed E-state index contributed by atoms with van der Waals surface area (Å²) in [5.41, 5.74) is 1.60. The van der Waals surface area contributed by atoms with Gasteiger partial charge in [0.1, 0.15) is 5.75 Å². The molecule has 0 radical (unpaired) electrons. The molecule has 0 fully saturated rings. The monoisotopic (exact) mass is 213 g/mol. The molecule has 0 spiro atoms. The van der Waals surface area contributed by atoms with Crippen LogP contribution in [0.1, 0.15) is 12.0 Å². The van der Waals surface area contributed by atoms with Gasteiger partial charge in [0.05, 0.1) is 13.7 Å². The molecule has 1 N–H and O–H groups in total. The van der Waals surface area contributed by atoms with Gasteiger partial charge in [-0.3, -0.25) is 0 Å². The van der Waals surface area contributed by atoms with Crippen LogP contribution in [0.25, 0.3) is 0 Å². The average molecular weight is 213 g/mol. The molecule has 1 aromatic rings. The molecular formula is C11H13F2NO. The summed E-state index contributed by atoms with van der Waals surface area (Å²) in [5.74, 6) is -1.96. The minimum absolute atomic E-state index is 0.132. The average Bonchev–Trinajstić information content (AvgIpc) is 2.38. The Morgan fingerprint density at radius 2 is 2.20 bits per heavy atom. The third-order valence-electron chi connectivity index (χ3n) is 2.63. The molecule has 1 aliphatic heterocycles. The van der Waals surface area contributed by atoms with Crippen molar-refractivity contribution in [2.24, 2.45) is 0 Å². The first-order valence-electron chi connectivity index (χ1n) is 4.90. The van der Waals surface area contributed by atoms with Gasteiger partial charge in [-0.1, -0.05) is 6.07 Å². The molecule has 15 heavy (non-hydrogen) atoms. The number of fused-ring (bicyclic) bond motifs is 1. The molecule has 0 atom stereocenters. The first-order chi connectivity index (χ1) is 7.12. The van der Waals surface area contributed by atoms with E-state index in [1.807, 2.05) is 0 Å². The van der Waals surface area contributed by atoms with Crippen LogP contribution in [0, 0.1) is 0 Å². The number of benzene rings is 1. The van der Waals surface area contributed by atoms with Gasteiger partial charge in [0.2, 0.25) is 0 Å². The number of anilines is 1. The Bertz CT molecular complexity index is 366. The molecular weight excluding hydrogens is 200 g/mol. The molecule has 1 heterocycles. The second-order valence-corrected chi connectivity index (χ2v) is 3.70. The lowest BCUT2D eigenvalue weighted by Gasteiger charge is -2.12. The highest BCUT2D eigenvalue weighted by Crippen LogP contribution is 2.34. The molecule has 0 aromatic heterocycles. The summed E-state index contributed by atoms with van der Waals surface area (Å²) in [4.78, 5) is 0. The maximum absolute atomic E-state index is 13.2. The predicted octanol–water partition coefficient (Wildman–Crippen LogP) is 2.69. The first kappa shape index (κ1) is 10.2. The number of alkyl halides is 2. The van der Waals surface area contributed by atoms with Crippen molar-refractivity contribution in [1.29, 1.82) is 0 Å². The van der Waals surface area contributed by atoms with Gasteiger partial charge in [0.15, 0.2) is 0 Å². The van der Waals surface area contributed by atoms with Crippen LogP contribution in [-0.2, 0) is 6.42 Å². The first-order valence-corrected chi connectivity index (χ1v) is 4.90. The molecule has 4 heteroatoms. The Morgan fingerprint density at radius 1 is 1.40 bits per heavy atom. The fraction of sp³-hybridized carbons (Fsp3) is 0.455. The predicted molar refractivity (Wildman–Crippen MR) is 54.8 cm³/mol. The highest BCUT2D eigenvalue weighted by molar-refractivity contribution is 5.58. The smallest absolute Gasteiger partial charge is 0.265 e. The van der Waals surface area contributed by atoms with Crippen LogP contribution in [0.4, 0.5) is 14.5 Å². The van der Waals surface area contributed by atoms with E-state index in [1.54, 1.807) is 25.3 Å².